The van der Waals surface area contributed by atoms with Crippen molar-refractivity contribution in [2.75, 3.05) is 0 Å². The number of hydrogen-bond donors (Lipinski definition) is 0. The summed E-state index contributed by atoms with van der Waals surface area (Å²) in [7, 11) is 0. The molecule has 0 aromatic heterocycles. The van der Waals surface area contributed by atoms with E-state index in [1.807, 2.05) is 103 Å². The molecule has 32 heavy (non-hydrogen) atoms. The molecule has 0 saturated heterocycles. The minimum absolute atomic E-state index is 0.0313. The van der Waals surface area contributed by atoms with Crippen molar-refractivity contribution >= 4 is 11.5 Å². The topological polar surface area (TPSA) is 26.3 Å². The second kappa shape index (κ2) is 8.91. The summed E-state index contributed by atoms with van der Waals surface area (Å²) in [4.78, 5) is 12.9. The summed E-state index contributed by atoms with van der Waals surface area (Å²) in [6.45, 7) is 0. The Morgan fingerprint density at radius 2 is 1.28 bits per heavy atom. The first-order chi connectivity index (χ1) is 15.8. The van der Waals surface area contributed by atoms with Gasteiger partial charge in [0.1, 0.15) is 11.5 Å². The first-order valence-corrected chi connectivity index (χ1v) is 10.7. The van der Waals surface area contributed by atoms with Gasteiger partial charge < -0.3 is 4.74 Å². The van der Waals surface area contributed by atoms with Crippen molar-refractivity contribution in [1.82, 2.24) is 0 Å². The number of rotatable bonds is 5. The van der Waals surface area contributed by atoms with Gasteiger partial charge in [0.05, 0.1) is 0 Å². The first kappa shape index (κ1) is 19.8. The van der Waals surface area contributed by atoms with Gasteiger partial charge in [0.15, 0.2) is 5.78 Å². The van der Waals surface area contributed by atoms with E-state index in [0.717, 1.165) is 33.8 Å². The molecule has 0 fully saturated rings. The molecule has 4 aromatic carbocycles. The Morgan fingerprint density at radius 1 is 0.688 bits per heavy atom. The maximum Gasteiger partial charge on any atom is 0.185 e. The lowest BCUT2D eigenvalue weighted by Crippen LogP contribution is -2.15. The fourth-order valence-electron chi connectivity index (χ4n) is 4.14. The van der Waals surface area contributed by atoms with E-state index in [2.05, 4.69) is 18.2 Å². The van der Waals surface area contributed by atoms with E-state index in [1.165, 1.54) is 0 Å². The van der Waals surface area contributed by atoms with Gasteiger partial charge in [0, 0.05) is 28.2 Å². The number of hydrogen-bond acceptors (Lipinski definition) is 2. The molecule has 5 rings (SSSR count). The zero-order valence-electron chi connectivity index (χ0n) is 17.5. The second-order valence-electron chi connectivity index (χ2n) is 7.70. The van der Waals surface area contributed by atoms with E-state index in [9.17, 15) is 4.79 Å². The predicted molar refractivity (Wildman–Crippen MR) is 129 cm³/mol. The summed E-state index contributed by atoms with van der Waals surface area (Å²) in [5, 5.41) is 0. The van der Waals surface area contributed by atoms with Crippen molar-refractivity contribution < 1.29 is 9.53 Å². The monoisotopic (exact) mass is 414 g/mol. The lowest BCUT2D eigenvalue weighted by atomic mass is 9.81. The molecule has 0 unspecified atom stereocenters. The standard InChI is InChI=1S/C30H22O2/c31-27(22-12-4-1-5-13-22)21-20-26-29(23-14-6-2-7-15-23)25-18-10-11-19-28(25)32-30(26)24-16-8-3-9-17-24/h1-21,29H/b21-20+/t29-/m0/s1. The molecular weight excluding hydrogens is 392 g/mol. The van der Waals surface area contributed by atoms with Crippen LogP contribution in [-0.4, -0.2) is 5.78 Å². The molecule has 0 saturated carbocycles. The highest BCUT2D eigenvalue weighted by atomic mass is 16.5. The molecule has 1 heterocycles. The van der Waals surface area contributed by atoms with E-state index in [1.54, 1.807) is 6.08 Å². The average molecular weight is 415 g/mol. The number of fused-ring (bicyclic) bond motifs is 1. The van der Waals surface area contributed by atoms with Crippen LogP contribution in [0.2, 0.25) is 0 Å². The van der Waals surface area contributed by atoms with Crippen molar-refractivity contribution in [3.63, 3.8) is 0 Å². The van der Waals surface area contributed by atoms with Crippen LogP contribution in [0.3, 0.4) is 0 Å². The lowest BCUT2D eigenvalue weighted by molar-refractivity contribution is 0.104. The normalized spacial score (nSPS) is 15.3. The summed E-state index contributed by atoms with van der Waals surface area (Å²) in [5.74, 6) is 1.54. The van der Waals surface area contributed by atoms with E-state index in [-0.39, 0.29) is 11.7 Å². The molecule has 0 N–H and O–H groups in total. The lowest BCUT2D eigenvalue weighted by Gasteiger charge is -2.30. The van der Waals surface area contributed by atoms with Gasteiger partial charge in [0.2, 0.25) is 0 Å². The summed E-state index contributed by atoms with van der Waals surface area (Å²) < 4.78 is 6.44. The maximum atomic E-state index is 12.9. The van der Waals surface area contributed by atoms with Gasteiger partial charge in [-0.1, -0.05) is 115 Å². The van der Waals surface area contributed by atoms with Crippen LogP contribution in [0.25, 0.3) is 5.76 Å². The van der Waals surface area contributed by atoms with Crippen LogP contribution >= 0.6 is 0 Å². The van der Waals surface area contributed by atoms with E-state index in [4.69, 9.17) is 4.74 Å². The van der Waals surface area contributed by atoms with Crippen LogP contribution in [0.15, 0.2) is 133 Å². The Labute approximate surface area is 188 Å². The van der Waals surface area contributed by atoms with E-state index in [0.29, 0.717) is 5.56 Å². The Kier molecular flexibility index (Phi) is 5.50. The molecule has 154 valence electrons. The molecule has 1 atom stereocenters. The fraction of sp³-hybridized carbons (Fsp3) is 0.0333. The summed E-state index contributed by atoms with van der Waals surface area (Å²) >= 11 is 0. The summed E-state index contributed by atoms with van der Waals surface area (Å²) in [6.07, 6.45) is 3.58. The maximum absolute atomic E-state index is 12.9. The third-order valence-electron chi connectivity index (χ3n) is 5.66. The third-order valence-corrected chi connectivity index (χ3v) is 5.66. The highest BCUT2D eigenvalue weighted by Gasteiger charge is 2.30. The molecule has 0 spiro atoms. The molecule has 2 heteroatoms. The van der Waals surface area contributed by atoms with Gasteiger partial charge in [-0.2, -0.15) is 0 Å². The molecule has 2 nitrogen and oxygen atoms in total. The highest BCUT2D eigenvalue weighted by Crippen LogP contribution is 2.46. The number of para-hydroxylation sites is 1. The van der Waals surface area contributed by atoms with Crippen molar-refractivity contribution in [3.05, 3.63) is 155 Å². The SMILES string of the molecule is O=C(/C=C/C1=C(c2ccccc2)Oc2ccccc2[C@@H]1c1ccccc1)c1ccccc1. The van der Waals surface area contributed by atoms with Crippen LogP contribution in [0, 0.1) is 0 Å². The fourth-order valence-corrected chi connectivity index (χ4v) is 4.14. The van der Waals surface area contributed by atoms with E-state index >= 15 is 0 Å². The Hall–Kier alpha value is -4.17. The summed E-state index contributed by atoms with van der Waals surface area (Å²) in [6, 6.07) is 37.9. The molecule has 1 aliphatic rings. The molecule has 0 aliphatic carbocycles. The van der Waals surface area contributed by atoms with E-state index < -0.39 is 0 Å². The Bertz CT molecular complexity index is 1290. The Balaban J connectivity index is 1.69. The van der Waals surface area contributed by atoms with Crippen LogP contribution in [0.5, 0.6) is 5.75 Å². The van der Waals surface area contributed by atoms with Crippen molar-refractivity contribution in [2.24, 2.45) is 0 Å². The molecule has 0 radical (unpaired) electrons. The number of ether oxygens (including phenoxy) is 1. The zero-order valence-corrected chi connectivity index (χ0v) is 17.5. The molecule has 0 bridgehead atoms. The van der Waals surface area contributed by atoms with Gasteiger partial charge in [-0.3, -0.25) is 4.79 Å². The minimum atomic E-state index is -0.0452. The third kappa shape index (κ3) is 3.91. The Morgan fingerprint density at radius 3 is 2.00 bits per heavy atom. The van der Waals surface area contributed by atoms with Gasteiger partial charge >= 0.3 is 0 Å². The average Bonchev–Trinajstić information content (AvgIpc) is 2.88. The molecule has 1 aliphatic heterocycles. The van der Waals surface area contributed by atoms with Gasteiger partial charge in [-0.15, -0.1) is 0 Å². The van der Waals surface area contributed by atoms with Crippen LogP contribution in [0.4, 0.5) is 0 Å². The van der Waals surface area contributed by atoms with Crippen LogP contribution in [0.1, 0.15) is 33.0 Å². The number of allylic oxidation sites excluding steroid dienone is 3. The number of ketones is 1. The van der Waals surface area contributed by atoms with Crippen molar-refractivity contribution in [3.8, 4) is 5.75 Å². The molecule has 0 amide bonds. The number of carbonyl (C=O) groups is 1. The van der Waals surface area contributed by atoms with Gasteiger partial charge in [-0.05, 0) is 17.7 Å². The smallest absolute Gasteiger partial charge is 0.185 e. The molecule has 4 aromatic rings. The first-order valence-electron chi connectivity index (χ1n) is 10.7. The zero-order chi connectivity index (χ0) is 21.8. The van der Waals surface area contributed by atoms with Gasteiger partial charge in [0.25, 0.3) is 0 Å². The number of carbonyl (C=O) groups excluding carboxylic acids is 1. The molecular formula is C30H22O2. The van der Waals surface area contributed by atoms with Crippen molar-refractivity contribution in [1.29, 1.82) is 0 Å². The predicted octanol–water partition coefficient (Wildman–Crippen LogP) is 7.06. The highest BCUT2D eigenvalue weighted by molar-refractivity contribution is 6.05. The largest absolute Gasteiger partial charge is 0.456 e. The summed E-state index contributed by atoms with van der Waals surface area (Å²) in [5.41, 5.74) is 4.85. The van der Waals surface area contributed by atoms with Gasteiger partial charge in [-0.25, -0.2) is 0 Å². The minimum Gasteiger partial charge on any atom is -0.456 e. The quantitative estimate of drug-likeness (QED) is 0.258. The van der Waals surface area contributed by atoms with Crippen LogP contribution < -0.4 is 4.74 Å². The second-order valence-corrected chi connectivity index (χ2v) is 7.70. The number of benzene rings is 4. The van der Waals surface area contributed by atoms with Crippen molar-refractivity contribution in [2.45, 2.75) is 5.92 Å². The van der Waals surface area contributed by atoms with Crippen LogP contribution in [-0.2, 0) is 0 Å².